The number of hydrogen-bond donors (Lipinski definition) is 1. The number of hydrogen-bond acceptors (Lipinski definition) is 5. The van der Waals surface area contributed by atoms with Crippen LogP contribution in [0, 0.1) is 10.1 Å². The number of aromatic nitrogens is 1. The molecule has 0 amide bonds. The zero-order valence-corrected chi connectivity index (χ0v) is 5.80. The molecule has 0 aliphatic carbocycles. The molecule has 62 valence electrons. The zero-order valence-electron chi connectivity index (χ0n) is 5.80. The molecular formula is C6H4N2O4. The molecule has 0 aromatic carbocycles. The molecule has 0 radical (unpaired) electrons. The van der Waals surface area contributed by atoms with E-state index in [0.717, 1.165) is 12.1 Å². The van der Waals surface area contributed by atoms with Gasteiger partial charge in [-0.05, 0) is 16.0 Å². The second kappa shape index (κ2) is 2.95. The molecule has 0 aliphatic heterocycles. The Labute approximate surface area is 66.6 Å². The molecule has 0 fully saturated rings. The van der Waals surface area contributed by atoms with E-state index in [1.54, 1.807) is 0 Å². The van der Waals surface area contributed by atoms with Gasteiger partial charge >= 0.3 is 5.82 Å². The molecule has 0 bridgehead atoms. The van der Waals surface area contributed by atoms with E-state index in [1.807, 2.05) is 0 Å². The van der Waals surface area contributed by atoms with Crippen LogP contribution in [-0.4, -0.2) is 21.3 Å². The first-order valence-corrected chi connectivity index (χ1v) is 2.94. The monoisotopic (exact) mass is 168 g/mol. The molecule has 0 spiro atoms. The van der Waals surface area contributed by atoms with Crippen LogP contribution in [0.1, 0.15) is 10.5 Å². The summed E-state index contributed by atoms with van der Waals surface area (Å²) in [7, 11) is 0. The third-order valence-electron chi connectivity index (χ3n) is 1.19. The molecule has 1 heterocycles. The first-order chi connectivity index (χ1) is 5.65. The Morgan fingerprint density at radius 3 is 2.75 bits per heavy atom. The first-order valence-electron chi connectivity index (χ1n) is 2.94. The van der Waals surface area contributed by atoms with Crippen LogP contribution in [0.15, 0.2) is 12.1 Å². The lowest BCUT2D eigenvalue weighted by Crippen LogP contribution is -1.95. The Kier molecular flexibility index (Phi) is 2.00. The highest BCUT2D eigenvalue weighted by Gasteiger charge is 2.13. The van der Waals surface area contributed by atoms with Gasteiger partial charge in [-0.3, -0.25) is 4.79 Å². The van der Waals surface area contributed by atoms with Gasteiger partial charge in [-0.25, -0.2) is 0 Å². The van der Waals surface area contributed by atoms with Crippen molar-refractivity contribution in [1.82, 2.24) is 4.98 Å². The summed E-state index contributed by atoms with van der Waals surface area (Å²) < 4.78 is 0. The number of nitrogens with zero attached hydrogens (tertiary/aromatic N) is 2. The largest absolute Gasteiger partial charge is 0.504 e. The number of pyridine rings is 1. The van der Waals surface area contributed by atoms with E-state index in [1.165, 1.54) is 0 Å². The van der Waals surface area contributed by atoms with Crippen molar-refractivity contribution in [3.8, 4) is 5.75 Å². The predicted molar refractivity (Wildman–Crippen MR) is 37.9 cm³/mol. The number of aromatic hydroxyl groups is 1. The van der Waals surface area contributed by atoms with Crippen LogP contribution in [-0.2, 0) is 0 Å². The Bertz CT molecular complexity index is 336. The van der Waals surface area contributed by atoms with E-state index < -0.39 is 10.7 Å². The molecule has 0 saturated carbocycles. The van der Waals surface area contributed by atoms with Crippen LogP contribution in [0.4, 0.5) is 5.82 Å². The summed E-state index contributed by atoms with van der Waals surface area (Å²) in [5.41, 5.74) is -0.329. The number of aldehydes is 1. The van der Waals surface area contributed by atoms with Gasteiger partial charge in [0, 0.05) is 6.07 Å². The Morgan fingerprint density at radius 1 is 1.58 bits per heavy atom. The average molecular weight is 168 g/mol. The van der Waals surface area contributed by atoms with Gasteiger partial charge in [-0.2, -0.15) is 0 Å². The van der Waals surface area contributed by atoms with Crippen LogP contribution < -0.4 is 0 Å². The van der Waals surface area contributed by atoms with E-state index in [-0.39, 0.29) is 17.7 Å². The molecule has 1 N–H and O–H groups in total. The quantitative estimate of drug-likeness (QED) is 0.394. The lowest BCUT2D eigenvalue weighted by Gasteiger charge is -1.92. The molecule has 0 unspecified atom stereocenters. The summed E-state index contributed by atoms with van der Waals surface area (Å²) >= 11 is 0. The molecule has 0 atom stereocenters. The van der Waals surface area contributed by atoms with Crippen molar-refractivity contribution >= 4 is 12.1 Å². The minimum atomic E-state index is -0.744. The third-order valence-corrected chi connectivity index (χ3v) is 1.19. The molecule has 1 aromatic rings. The van der Waals surface area contributed by atoms with E-state index in [0.29, 0.717) is 0 Å². The van der Waals surface area contributed by atoms with Gasteiger partial charge in [0.2, 0.25) is 0 Å². The minimum Gasteiger partial charge on any atom is -0.504 e. The van der Waals surface area contributed by atoms with Crippen LogP contribution in [0.3, 0.4) is 0 Å². The van der Waals surface area contributed by atoms with Crippen molar-refractivity contribution in [2.75, 3.05) is 0 Å². The van der Waals surface area contributed by atoms with Crippen molar-refractivity contribution < 1.29 is 14.8 Å². The number of nitro groups is 1. The molecule has 0 aliphatic rings. The average Bonchev–Trinajstić information content (AvgIpc) is 2.05. The van der Waals surface area contributed by atoms with Crippen LogP contribution in [0.25, 0.3) is 0 Å². The molecule has 6 heteroatoms. The highest BCUT2D eigenvalue weighted by molar-refractivity contribution is 5.76. The maximum absolute atomic E-state index is 10.2. The SMILES string of the molecule is O=Cc1nc([N+](=O)[O-])ccc1O. The van der Waals surface area contributed by atoms with Gasteiger partial charge in [0.05, 0.1) is 0 Å². The van der Waals surface area contributed by atoms with Crippen LogP contribution in [0.2, 0.25) is 0 Å². The highest BCUT2D eigenvalue weighted by atomic mass is 16.6. The summed E-state index contributed by atoms with van der Waals surface area (Å²) in [6.45, 7) is 0. The molecular weight excluding hydrogens is 164 g/mol. The maximum atomic E-state index is 10.2. The Morgan fingerprint density at radius 2 is 2.25 bits per heavy atom. The lowest BCUT2D eigenvalue weighted by molar-refractivity contribution is -0.389. The van der Waals surface area contributed by atoms with Gasteiger partial charge < -0.3 is 15.2 Å². The topological polar surface area (TPSA) is 93.3 Å². The van der Waals surface area contributed by atoms with Gasteiger partial charge in [0.1, 0.15) is 0 Å². The number of carbonyl (C=O) groups excluding carboxylic acids is 1. The molecule has 1 aromatic heterocycles. The van der Waals surface area contributed by atoms with Crippen molar-refractivity contribution in [1.29, 1.82) is 0 Å². The maximum Gasteiger partial charge on any atom is 0.364 e. The van der Waals surface area contributed by atoms with Gasteiger partial charge in [0.25, 0.3) is 5.69 Å². The Balaban J connectivity index is 3.22. The number of rotatable bonds is 2. The fourth-order valence-corrected chi connectivity index (χ4v) is 0.645. The predicted octanol–water partition coefficient (Wildman–Crippen LogP) is 0.508. The van der Waals surface area contributed by atoms with Crippen molar-refractivity contribution in [3.63, 3.8) is 0 Å². The number of carbonyl (C=O) groups is 1. The molecule has 0 saturated heterocycles. The van der Waals surface area contributed by atoms with Crippen molar-refractivity contribution in [2.24, 2.45) is 0 Å². The Hall–Kier alpha value is -1.98. The van der Waals surface area contributed by atoms with Crippen molar-refractivity contribution in [3.05, 3.63) is 27.9 Å². The fourth-order valence-electron chi connectivity index (χ4n) is 0.645. The van der Waals surface area contributed by atoms with Gasteiger partial charge in [-0.1, -0.05) is 0 Å². The van der Waals surface area contributed by atoms with E-state index in [9.17, 15) is 14.9 Å². The van der Waals surface area contributed by atoms with Gasteiger partial charge in [0.15, 0.2) is 12.0 Å². The zero-order chi connectivity index (χ0) is 9.14. The van der Waals surface area contributed by atoms with E-state index in [4.69, 9.17) is 5.11 Å². The minimum absolute atomic E-state index is 0.252. The third kappa shape index (κ3) is 1.36. The fraction of sp³-hybridized carbons (Fsp3) is 0. The summed E-state index contributed by atoms with van der Waals surface area (Å²) in [6.07, 6.45) is 0.252. The van der Waals surface area contributed by atoms with Crippen LogP contribution >= 0.6 is 0 Å². The second-order valence-corrected chi connectivity index (χ2v) is 1.95. The summed E-state index contributed by atoms with van der Waals surface area (Å²) in [6, 6.07) is 2.07. The summed E-state index contributed by atoms with van der Waals surface area (Å²) in [5.74, 6) is -0.828. The first kappa shape index (κ1) is 8.12. The lowest BCUT2D eigenvalue weighted by atomic mass is 10.3. The van der Waals surface area contributed by atoms with E-state index >= 15 is 0 Å². The summed E-state index contributed by atoms with van der Waals surface area (Å²) in [5, 5.41) is 19.0. The second-order valence-electron chi connectivity index (χ2n) is 1.95. The highest BCUT2D eigenvalue weighted by Crippen LogP contribution is 2.16. The summed E-state index contributed by atoms with van der Waals surface area (Å²) in [4.78, 5) is 22.8. The molecule has 1 rings (SSSR count). The normalized spacial score (nSPS) is 9.33. The van der Waals surface area contributed by atoms with E-state index in [2.05, 4.69) is 4.98 Å². The smallest absolute Gasteiger partial charge is 0.364 e. The molecule has 6 nitrogen and oxygen atoms in total. The van der Waals surface area contributed by atoms with Gasteiger partial charge in [-0.15, -0.1) is 0 Å². The standard InChI is InChI=1S/C6H4N2O4/c9-3-4-5(10)1-2-6(7-4)8(11)12/h1-3,10H. The van der Waals surface area contributed by atoms with Crippen LogP contribution in [0.5, 0.6) is 5.75 Å². The van der Waals surface area contributed by atoms with Crippen molar-refractivity contribution in [2.45, 2.75) is 0 Å². The molecule has 12 heavy (non-hydrogen) atoms.